The van der Waals surface area contributed by atoms with E-state index in [9.17, 15) is 4.39 Å². The maximum atomic E-state index is 14.3. The first-order chi connectivity index (χ1) is 10.0. The van der Waals surface area contributed by atoms with Gasteiger partial charge in [-0.15, -0.1) is 0 Å². The Morgan fingerprint density at radius 1 is 1.19 bits per heavy atom. The highest BCUT2D eigenvalue weighted by Crippen LogP contribution is 2.26. The Labute approximate surface area is 123 Å². The molecule has 1 aromatic heterocycles. The van der Waals surface area contributed by atoms with Crippen LogP contribution in [0.1, 0.15) is 24.5 Å². The Balaban J connectivity index is 2.52. The number of rotatable bonds is 5. The van der Waals surface area contributed by atoms with Crippen molar-refractivity contribution in [2.45, 2.75) is 27.2 Å². The van der Waals surface area contributed by atoms with E-state index in [0.29, 0.717) is 18.1 Å². The molecule has 0 aliphatic rings. The SMILES string of the molecule is CCCOc1nc(NC)nc(-c2c(C)cc(C)cc2F)n1. The van der Waals surface area contributed by atoms with E-state index >= 15 is 0 Å². The van der Waals surface area contributed by atoms with Crippen molar-refractivity contribution in [3.05, 3.63) is 29.1 Å². The number of halogens is 1. The van der Waals surface area contributed by atoms with Gasteiger partial charge in [0.1, 0.15) is 5.82 Å². The van der Waals surface area contributed by atoms with E-state index in [1.807, 2.05) is 26.8 Å². The highest BCUT2D eigenvalue weighted by Gasteiger charge is 2.15. The maximum absolute atomic E-state index is 14.3. The minimum atomic E-state index is -0.345. The van der Waals surface area contributed by atoms with Crippen LogP contribution in [0, 0.1) is 19.7 Å². The molecule has 6 heteroatoms. The Hall–Kier alpha value is -2.24. The van der Waals surface area contributed by atoms with E-state index in [1.165, 1.54) is 6.07 Å². The molecule has 2 aromatic rings. The average molecular weight is 290 g/mol. The van der Waals surface area contributed by atoms with Gasteiger partial charge in [-0.05, 0) is 37.5 Å². The minimum absolute atomic E-state index is 0.200. The smallest absolute Gasteiger partial charge is 0.321 e. The van der Waals surface area contributed by atoms with E-state index in [-0.39, 0.29) is 17.7 Å². The van der Waals surface area contributed by atoms with Crippen molar-refractivity contribution in [1.82, 2.24) is 15.0 Å². The van der Waals surface area contributed by atoms with Crippen molar-refractivity contribution in [2.75, 3.05) is 19.0 Å². The maximum Gasteiger partial charge on any atom is 0.321 e. The lowest BCUT2D eigenvalue weighted by atomic mass is 10.0. The van der Waals surface area contributed by atoms with Crippen LogP contribution in [0.15, 0.2) is 12.1 Å². The van der Waals surface area contributed by atoms with Crippen molar-refractivity contribution >= 4 is 5.95 Å². The van der Waals surface area contributed by atoms with Gasteiger partial charge in [0.15, 0.2) is 5.82 Å². The molecule has 0 radical (unpaired) electrons. The van der Waals surface area contributed by atoms with Crippen LogP contribution < -0.4 is 10.1 Å². The highest BCUT2D eigenvalue weighted by molar-refractivity contribution is 5.62. The molecular weight excluding hydrogens is 271 g/mol. The summed E-state index contributed by atoms with van der Waals surface area (Å²) in [5.74, 6) is 0.281. The molecular formula is C15H19FN4O. The summed E-state index contributed by atoms with van der Waals surface area (Å²) in [6.07, 6.45) is 0.841. The Morgan fingerprint density at radius 3 is 2.57 bits per heavy atom. The lowest BCUT2D eigenvalue weighted by molar-refractivity contribution is 0.292. The van der Waals surface area contributed by atoms with Crippen LogP contribution >= 0.6 is 0 Å². The molecule has 5 nitrogen and oxygen atoms in total. The standard InChI is InChI=1S/C15H19FN4O/c1-5-6-21-15-19-13(18-14(17-4)20-15)12-10(3)7-9(2)8-11(12)16/h7-8H,5-6H2,1-4H3,(H,17,18,19,20). The average Bonchev–Trinajstić information content (AvgIpc) is 2.43. The summed E-state index contributed by atoms with van der Waals surface area (Å²) in [5.41, 5.74) is 2.02. The van der Waals surface area contributed by atoms with Crippen molar-refractivity contribution in [2.24, 2.45) is 0 Å². The fourth-order valence-electron chi connectivity index (χ4n) is 2.04. The molecule has 1 heterocycles. The lowest BCUT2D eigenvalue weighted by Crippen LogP contribution is -2.07. The lowest BCUT2D eigenvalue weighted by Gasteiger charge is -2.10. The fraction of sp³-hybridized carbons (Fsp3) is 0.400. The first-order valence-corrected chi connectivity index (χ1v) is 6.89. The Bertz CT molecular complexity index is 623. The number of nitrogens with zero attached hydrogens (tertiary/aromatic N) is 3. The monoisotopic (exact) mass is 290 g/mol. The van der Waals surface area contributed by atoms with Gasteiger partial charge < -0.3 is 10.1 Å². The number of aryl methyl sites for hydroxylation is 2. The van der Waals surface area contributed by atoms with E-state index in [1.54, 1.807) is 7.05 Å². The molecule has 21 heavy (non-hydrogen) atoms. The van der Waals surface area contributed by atoms with E-state index in [0.717, 1.165) is 17.5 Å². The molecule has 112 valence electrons. The van der Waals surface area contributed by atoms with Crippen LogP contribution in [0.25, 0.3) is 11.4 Å². The van der Waals surface area contributed by atoms with Crippen LogP contribution in [0.4, 0.5) is 10.3 Å². The van der Waals surface area contributed by atoms with Crippen LogP contribution in [0.3, 0.4) is 0 Å². The zero-order chi connectivity index (χ0) is 15.4. The highest BCUT2D eigenvalue weighted by atomic mass is 19.1. The number of hydrogen-bond donors (Lipinski definition) is 1. The van der Waals surface area contributed by atoms with Gasteiger partial charge >= 0.3 is 6.01 Å². The third-order valence-electron chi connectivity index (χ3n) is 2.93. The van der Waals surface area contributed by atoms with E-state index < -0.39 is 0 Å². The second-order valence-corrected chi connectivity index (χ2v) is 4.80. The van der Waals surface area contributed by atoms with Gasteiger partial charge in [-0.1, -0.05) is 13.0 Å². The topological polar surface area (TPSA) is 59.9 Å². The molecule has 0 amide bonds. The zero-order valence-corrected chi connectivity index (χ0v) is 12.7. The van der Waals surface area contributed by atoms with E-state index in [2.05, 4.69) is 20.3 Å². The van der Waals surface area contributed by atoms with Gasteiger partial charge in [-0.3, -0.25) is 0 Å². The number of nitrogens with one attached hydrogen (secondary N) is 1. The van der Waals surface area contributed by atoms with Crippen LogP contribution in [0.2, 0.25) is 0 Å². The zero-order valence-electron chi connectivity index (χ0n) is 12.7. The van der Waals surface area contributed by atoms with Crippen molar-refractivity contribution in [1.29, 1.82) is 0 Å². The molecule has 0 unspecified atom stereocenters. The third kappa shape index (κ3) is 3.45. The predicted molar refractivity (Wildman–Crippen MR) is 80.0 cm³/mol. The van der Waals surface area contributed by atoms with E-state index in [4.69, 9.17) is 4.74 Å². The molecule has 0 aliphatic heterocycles. The third-order valence-corrected chi connectivity index (χ3v) is 2.93. The molecule has 0 atom stereocenters. The summed E-state index contributed by atoms with van der Waals surface area (Å²) in [6.45, 7) is 6.18. The normalized spacial score (nSPS) is 10.5. The van der Waals surface area contributed by atoms with Crippen molar-refractivity contribution in [3.8, 4) is 17.4 Å². The Morgan fingerprint density at radius 2 is 1.95 bits per heavy atom. The summed E-state index contributed by atoms with van der Waals surface area (Å²) in [5, 5.41) is 2.84. The van der Waals surface area contributed by atoms with Gasteiger partial charge in [-0.25, -0.2) is 4.39 Å². The molecule has 2 rings (SSSR count). The van der Waals surface area contributed by atoms with Gasteiger partial charge in [0.25, 0.3) is 0 Å². The van der Waals surface area contributed by atoms with Crippen molar-refractivity contribution < 1.29 is 9.13 Å². The Kier molecular flexibility index (Phi) is 4.67. The second-order valence-electron chi connectivity index (χ2n) is 4.80. The van der Waals surface area contributed by atoms with Gasteiger partial charge in [-0.2, -0.15) is 15.0 Å². The largest absolute Gasteiger partial charge is 0.463 e. The predicted octanol–water partition coefficient (Wildman–Crippen LogP) is 3.13. The number of ether oxygens (including phenoxy) is 1. The van der Waals surface area contributed by atoms with Crippen LogP contribution in [-0.4, -0.2) is 28.6 Å². The van der Waals surface area contributed by atoms with Gasteiger partial charge in [0.2, 0.25) is 5.95 Å². The number of anilines is 1. The first kappa shape index (κ1) is 15.2. The molecule has 0 saturated carbocycles. The molecule has 0 saturated heterocycles. The quantitative estimate of drug-likeness (QED) is 0.916. The summed E-state index contributed by atoms with van der Waals surface area (Å²) >= 11 is 0. The number of benzene rings is 1. The van der Waals surface area contributed by atoms with Crippen molar-refractivity contribution in [3.63, 3.8) is 0 Å². The van der Waals surface area contributed by atoms with Gasteiger partial charge in [0.05, 0.1) is 12.2 Å². The fourth-order valence-corrected chi connectivity index (χ4v) is 2.04. The second kappa shape index (κ2) is 6.47. The summed E-state index contributed by atoms with van der Waals surface area (Å²) < 4.78 is 19.7. The van der Waals surface area contributed by atoms with Crippen LogP contribution in [-0.2, 0) is 0 Å². The number of hydrogen-bond acceptors (Lipinski definition) is 5. The molecule has 0 fully saturated rings. The molecule has 1 aromatic carbocycles. The summed E-state index contributed by atoms with van der Waals surface area (Å²) in [4.78, 5) is 12.6. The van der Waals surface area contributed by atoms with Crippen LogP contribution in [0.5, 0.6) is 6.01 Å². The summed E-state index contributed by atoms with van der Waals surface area (Å²) in [7, 11) is 1.70. The summed E-state index contributed by atoms with van der Waals surface area (Å²) in [6, 6.07) is 3.57. The van der Waals surface area contributed by atoms with Gasteiger partial charge in [0, 0.05) is 7.05 Å². The minimum Gasteiger partial charge on any atom is -0.463 e. The molecule has 1 N–H and O–H groups in total. The molecule has 0 spiro atoms. The molecule has 0 aliphatic carbocycles. The number of aromatic nitrogens is 3. The first-order valence-electron chi connectivity index (χ1n) is 6.89. The molecule has 0 bridgehead atoms.